The lowest BCUT2D eigenvalue weighted by Gasteiger charge is -2.40. The summed E-state index contributed by atoms with van der Waals surface area (Å²) in [7, 11) is 1.82. The predicted molar refractivity (Wildman–Crippen MR) is 112 cm³/mol. The van der Waals surface area contributed by atoms with Crippen molar-refractivity contribution in [2.45, 2.75) is 75.6 Å². The summed E-state index contributed by atoms with van der Waals surface area (Å²) in [6, 6.07) is 5.37. The average Bonchev–Trinajstić information content (AvgIpc) is 2.59. The van der Waals surface area contributed by atoms with Gasteiger partial charge >= 0.3 is 6.18 Å². The molecule has 1 aromatic rings. The van der Waals surface area contributed by atoms with E-state index in [2.05, 4.69) is 5.32 Å². The lowest BCUT2D eigenvalue weighted by Crippen LogP contribution is -2.40. The maximum atomic E-state index is 13.1. The SMILES string of the molecule is CN[C@H](C)CC(=N)CC(c1cccc(C(F)(F)F)c1)C1(O)CCCCC1.Cl.Cl. The van der Waals surface area contributed by atoms with Crippen LogP contribution in [0.4, 0.5) is 13.2 Å². The van der Waals surface area contributed by atoms with Gasteiger partial charge in [0, 0.05) is 24.1 Å². The molecule has 0 amide bonds. The van der Waals surface area contributed by atoms with Crippen molar-refractivity contribution < 1.29 is 18.3 Å². The number of rotatable bonds is 7. The van der Waals surface area contributed by atoms with Gasteiger partial charge in [0.25, 0.3) is 0 Å². The van der Waals surface area contributed by atoms with Crippen LogP contribution in [0.15, 0.2) is 24.3 Å². The highest BCUT2D eigenvalue weighted by atomic mass is 35.5. The normalized spacial score (nSPS) is 18.4. The quantitative estimate of drug-likeness (QED) is 0.471. The Hall–Kier alpha value is -0.820. The molecule has 1 aromatic carbocycles. The molecule has 28 heavy (non-hydrogen) atoms. The van der Waals surface area contributed by atoms with Crippen LogP contribution in [0.1, 0.15) is 68.9 Å². The Morgan fingerprint density at radius 2 is 1.79 bits per heavy atom. The fourth-order valence-electron chi connectivity index (χ4n) is 3.86. The number of hydrogen-bond donors (Lipinski definition) is 3. The van der Waals surface area contributed by atoms with Gasteiger partial charge in [-0.3, -0.25) is 0 Å². The number of hydrogen-bond acceptors (Lipinski definition) is 3. The topological polar surface area (TPSA) is 56.1 Å². The zero-order chi connectivity index (χ0) is 19.4. The summed E-state index contributed by atoms with van der Waals surface area (Å²) >= 11 is 0. The fraction of sp³-hybridized carbons (Fsp3) is 0.650. The van der Waals surface area contributed by atoms with E-state index in [0.717, 1.165) is 31.4 Å². The molecular formula is C20H31Cl2F3N2O. The molecule has 1 saturated carbocycles. The zero-order valence-electron chi connectivity index (χ0n) is 16.3. The van der Waals surface area contributed by atoms with E-state index in [9.17, 15) is 18.3 Å². The maximum Gasteiger partial charge on any atom is 0.416 e. The molecule has 1 aliphatic rings. The lowest BCUT2D eigenvalue weighted by molar-refractivity contribution is -0.137. The molecule has 0 spiro atoms. The molecule has 1 aliphatic carbocycles. The van der Waals surface area contributed by atoms with Crippen LogP contribution < -0.4 is 5.32 Å². The first-order valence-corrected chi connectivity index (χ1v) is 9.29. The zero-order valence-corrected chi connectivity index (χ0v) is 17.9. The van der Waals surface area contributed by atoms with Crippen molar-refractivity contribution in [3.63, 3.8) is 0 Å². The Labute approximate surface area is 177 Å². The third-order valence-corrected chi connectivity index (χ3v) is 5.48. The second-order valence-corrected chi connectivity index (χ2v) is 7.54. The van der Waals surface area contributed by atoms with E-state index in [1.807, 2.05) is 14.0 Å². The summed E-state index contributed by atoms with van der Waals surface area (Å²) in [5, 5.41) is 22.6. The molecule has 162 valence electrons. The van der Waals surface area contributed by atoms with E-state index in [-0.39, 0.29) is 37.3 Å². The summed E-state index contributed by atoms with van der Waals surface area (Å²) in [5.74, 6) is -0.485. The second-order valence-electron chi connectivity index (χ2n) is 7.54. The van der Waals surface area contributed by atoms with Gasteiger partial charge in [-0.1, -0.05) is 37.5 Å². The molecule has 0 bridgehead atoms. The molecule has 1 unspecified atom stereocenters. The van der Waals surface area contributed by atoms with Gasteiger partial charge in [0.2, 0.25) is 0 Å². The first-order chi connectivity index (χ1) is 12.2. The largest absolute Gasteiger partial charge is 0.416 e. The summed E-state index contributed by atoms with van der Waals surface area (Å²) in [5.41, 5.74) is -0.814. The molecule has 0 aromatic heterocycles. The highest BCUT2D eigenvalue weighted by molar-refractivity contribution is 5.85. The Kier molecular flexibility index (Phi) is 11.1. The van der Waals surface area contributed by atoms with Crippen LogP contribution in [0.5, 0.6) is 0 Å². The van der Waals surface area contributed by atoms with E-state index in [1.54, 1.807) is 6.07 Å². The first kappa shape index (κ1) is 27.2. The Balaban J connectivity index is 0.00000364. The molecule has 0 heterocycles. The van der Waals surface area contributed by atoms with Crippen LogP contribution in [0.2, 0.25) is 0 Å². The highest BCUT2D eigenvalue weighted by Crippen LogP contribution is 2.43. The van der Waals surface area contributed by atoms with Gasteiger partial charge in [-0.25, -0.2) is 0 Å². The molecule has 8 heteroatoms. The molecule has 1 fully saturated rings. The van der Waals surface area contributed by atoms with Crippen LogP contribution in [-0.2, 0) is 6.18 Å². The van der Waals surface area contributed by atoms with Crippen molar-refractivity contribution in [1.29, 1.82) is 5.41 Å². The predicted octanol–water partition coefficient (Wildman–Crippen LogP) is 5.74. The number of nitrogens with one attached hydrogen (secondary N) is 2. The fourth-order valence-corrected chi connectivity index (χ4v) is 3.86. The van der Waals surface area contributed by atoms with Crippen molar-refractivity contribution in [2.75, 3.05) is 7.05 Å². The van der Waals surface area contributed by atoms with E-state index < -0.39 is 23.3 Å². The molecule has 0 radical (unpaired) electrons. The first-order valence-electron chi connectivity index (χ1n) is 9.29. The third-order valence-electron chi connectivity index (χ3n) is 5.48. The van der Waals surface area contributed by atoms with Gasteiger partial charge in [-0.05, 0) is 44.9 Å². The summed E-state index contributed by atoms with van der Waals surface area (Å²) in [6.07, 6.45) is 0.297. The molecule has 3 nitrogen and oxygen atoms in total. The van der Waals surface area contributed by atoms with Crippen LogP contribution in [0.3, 0.4) is 0 Å². The number of benzene rings is 1. The second kappa shape index (κ2) is 11.4. The van der Waals surface area contributed by atoms with E-state index in [0.29, 0.717) is 30.5 Å². The smallest absolute Gasteiger partial charge is 0.389 e. The minimum atomic E-state index is -4.41. The van der Waals surface area contributed by atoms with E-state index >= 15 is 0 Å². The monoisotopic (exact) mass is 442 g/mol. The van der Waals surface area contributed by atoms with Crippen molar-refractivity contribution in [2.24, 2.45) is 0 Å². The molecular weight excluding hydrogens is 412 g/mol. The minimum Gasteiger partial charge on any atom is -0.389 e. The summed E-state index contributed by atoms with van der Waals surface area (Å²) in [6.45, 7) is 1.96. The van der Waals surface area contributed by atoms with Crippen molar-refractivity contribution in [3.05, 3.63) is 35.4 Å². The summed E-state index contributed by atoms with van der Waals surface area (Å²) < 4.78 is 39.4. The van der Waals surface area contributed by atoms with Crippen LogP contribution in [0.25, 0.3) is 0 Å². The molecule has 0 aliphatic heterocycles. The Morgan fingerprint density at radius 3 is 2.32 bits per heavy atom. The Bertz CT molecular complexity index is 620. The lowest BCUT2D eigenvalue weighted by atomic mass is 9.70. The van der Waals surface area contributed by atoms with E-state index in [1.165, 1.54) is 6.07 Å². The van der Waals surface area contributed by atoms with Crippen molar-refractivity contribution >= 4 is 30.5 Å². The molecule has 0 saturated heterocycles. The van der Waals surface area contributed by atoms with Crippen molar-refractivity contribution in [1.82, 2.24) is 5.32 Å². The molecule has 3 N–H and O–H groups in total. The van der Waals surface area contributed by atoms with Gasteiger partial charge in [-0.15, -0.1) is 24.8 Å². The number of alkyl halides is 3. The standard InChI is InChI=1S/C20H29F3N2O.2ClH/c1-14(25-2)11-17(24)13-18(19(26)9-4-3-5-10-19)15-7-6-8-16(12-15)20(21,22)23;;/h6-8,12,14,18,24-26H,3-5,9-11,13H2,1-2H3;2*1H/t14-,18?;;/m1../s1. The number of halogens is 5. The molecule has 2 rings (SSSR count). The van der Waals surface area contributed by atoms with Crippen LogP contribution >= 0.6 is 24.8 Å². The highest BCUT2D eigenvalue weighted by Gasteiger charge is 2.40. The van der Waals surface area contributed by atoms with Gasteiger partial charge < -0.3 is 15.8 Å². The van der Waals surface area contributed by atoms with Crippen LogP contribution in [0, 0.1) is 5.41 Å². The Morgan fingerprint density at radius 1 is 1.18 bits per heavy atom. The van der Waals surface area contributed by atoms with Gasteiger partial charge in [0.05, 0.1) is 11.2 Å². The average molecular weight is 443 g/mol. The number of aliphatic hydroxyl groups is 1. The van der Waals surface area contributed by atoms with Crippen LogP contribution in [-0.4, -0.2) is 29.5 Å². The van der Waals surface area contributed by atoms with E-state index in [4.69, 9.17) is 5.41 Å². The third kappa shape index (κ3) is 7.21. The van der Waals surface area contributed by atoms with Gasteiger partial charge in [-0.2, -0.15) is 13.2 Å². The van der Waals surface area contributed by atoms with Gasteiger partial charge in [0.1, 0.15) is 0 Å². The summed E-state index contributed by atoms with van der Waals surface area (Å²) in [4.78, 5) is 0. The van der Waals surface area contributed by atoms with Gasteiger partial charge in [0.15, 0.2) is 0 Å². The van der Waals surface area contributed by atoms with Crippen molar-refractivity contribution in [3.8, 4) is 0 Å². The molecule has 2 atom stereocenters. The maximum absolute atomic E-state index is 13.1. The minimum absolute atomic E-state index is 0.